The average Bonchev–Trinajstić information content (AvgIpc) is 2.42. The van der Waals surface area contributed by atoms with Gasteiger partial charge in [0.15, 0.2) is 6.61 Å². The maximum atomic E-state index is 13.7. The fourth-order valence-corrected chi connectivity index (χ4v) is 1.53. The first kappa shape index (κ1) is 18.4. The lowest BCUT2D eigenvalue weighted by Crippen LogP contribution is -2.49. The summed E-state index contributed by atoms with van der Waals surface area (Å²) in [4.78, 5) is 34.6. The van der Waals surface area contributed by atoms with Gasteiger partial charge in [-0.1, -0.05) is 0 Å². The summed E-state index contributed by atoms with van der Waals surface area (Å²) in [5.41, 5.74) is -0.856. The number of hydrogen-bond donors (Lipinski definition) is 2. The molecule has 0 spiro atoms. The van der Waals surface area contributed by atoms with Gasteiger partial charge in [-0.3, -0.25) is 10.1 Å². The molecule has 0 bridgehead atoms. The van der Waals surface area contributed by atoms with Crippen LogP contribution in [0, 0.1) is 5.82 Å². The van der Waals surface area contributed by atoms with Gasteiger partial charge >= 0.3 is 12.0 Å². The number of urea groups is 1. The third-order valence-electron chi connectivity index (χ3n) is 2.47. The smallest absolute Gasteiger partial charge is 0.341 e. The topological polar surface area (TPSA) is 93.7 Å². The zero-order valence-corrected chi connectivity index (χ0v) is 13.4. The number of carbonyl (C=O) groups is 3. The number of nitrogens with one attached hydrogen (secondary N) is 2. The van der Waals surface area contributed by atoms with Gasteiger partial charge < -0.3 is 14.8 Å². The van der Waals surface area contributed by atoms with E-state index in [1.807, 2.05) is 5.32 Å². The van der Waals surface area contributed by atoms with Crippen LogP contribution in [0.1, 0.15) is 31.1 Å². The van der Waals surface area contributed by atoms with Gasteiger partial charge in [0.25, 0.3) is 5.91 Å². The fourth-order valence-electron chi connectivity index (χ4n) is 1.53. The van der Waals surface area contributed by atoms with Crippen molar-refractivity contribution in [3.63, 3.8) is 0 Å². The van der Waals surface area contributed by atoms with Gasteiger partial charge in [-0.25, -0.2) is 14.0 Å². The Balaban J connectivity index is 2.53. The molecule has 126 valence electrons. The zero-order chi connectivity index (χ0) is 17.6. The molecule has 0 radical (unpaired) electrons. The molecule has 0 saturated carbocycles. The molecule has 1 rings (SSSR count). The van der Waals surface area contributed by atoms with Gasteiger partial charge in [-0.05, 0) is 32.9 Å². The molecule has 0 atom stereocenters. The van der Waals surface area contributed by atoms with Gasteiger partial charge in [0.1, 0.15) is 11.6 Å². The van der Waals surface area contributed by atoms with E-state index in [9.17, 15) is 18.8 Å². The van der Waals surface area contributed by atoms with Crippen molar-refractivity contribution in [1.82, 2.24) is 10.6 Å². The molecule has 0 aliphatic carbocycles. The number of amides is 3. The largest absolute Gasteiger partial charge is 0.497 e. The molecule has 3 amide bonds. The molecular formula is C15H19FN2O5. The van der Waals surface area contributed by atoms with Crippen LogP contribution in [0.5, 0.6) is 5.75 Å². The highest BCUT2D eigenvalue weighted by Gasteiger charge is 2.18. The first-order valence-corrected chi connectivity index (χ1v) is 6.75. The number of benzene rings is 1. The summed E-state index contributed by atoms with van der Waals surface area (Å²) in [6, 6.07) is 2.87. The second-order valence-corrected chi connectivity index (χ2v) is 5.67. The highest BCUT2D eigenvalue weighted by atomic mass is 19.1. The molecule has 1 aromatic rings. The van der Waals surface area contributed by atoms with Crippen LogP contribution in [0.3, 0.4) is 0 Å². The Morgan fingerprint density at radius 1 is 1.22 bits per heavy atom. The lowest BCUT2D eigenvalue weighted by atomic mass is 10.1. The van der Waals surface area contributed by atoms with Crippen molar-refractivity contribution in [2.24, 2.45) is 0 Å². The van der Waals surface area contributed by atoms with Crippen molar-refractivity contribution in [3.8, 4) is 5.75 Å². The number of esters is 1. The van der Waals surface area contributed by atoms with E-state index in [-0.39, 0.29) is 11.3 Å². The van der Waals surface area contributed by atoms with Gasteiger partial charge in [-0.15, -0.1) is 0 Å². The first-order valence-electron chi connectivity index (χ1n) is 6.75. The number of hydrogen-bond acceptors (Lipinski definition) is 5. The second kappa shape index (κ2) is 7.57. The Kier molecular flexibility index (Phi) is 6.06. The van der Waals surface area contributed by atoms with Crippen LogP contribution in [0.4, 0.5) is 9.18 Å². The van der Waals surface area contributed by atoms with Crippen LogP contribution < -0.4 is 15.4 Å². The van der Waals surface area contributed by atoms with Gasteiger partial charge in [0, 0.05) is 11.6 Å². The summed E-state index contributed by atoms with van der Waals surface area (Å²) in [6.45, 7) is 4.51. The second-order valence-electron chi connectivity index (χ2n) is 5.67. The van der Waals surface area contributed by atoms with Crippen molar-refractivity contribution < 1.29 is 28.2 Å². The Bertz CT molecular complexity index is 610. The third-order valence-corrected chi connectivity index (χ3v) is 2.47. The van der Waals surface area contributed by atoms with Gasteiger partial charge in [-0.2, -0.15) is 0 Å². The summed E-state index contributed by atoms with van der Waals surface area (Å²) >= 11 is 0. The molecule has 0 heterocycles. The molecule has 0 fully saturated rings. The third kappa shape index (κ3) is 6.33. The molecule has 8 heteroatoms. The average molecular weight is 326 g/mol. The molecule has 23 heavy (non-hydrogen) atoms. The quantitative estimate of drug-likeness (QED) is 0.820. The summed E-state index contributed by atoms with van der Waals surface area (Å²) in [5.74, 6) is -2.43. The molecular weight excluding hydrogens is 307 g/mol. The highest BCUT2D eigenvalue weighted by molar-refractivity contribution is 5.97. The molecule has 0 aromatic heterocycles. The lowest BCUT2D eigenvalue weighted by molar-refractivity contribution is -0.123. The number of rotatable bonds is 4. The van der Waals surface area contributed by atoms with Crippen LogP contribution >= 0.6 is 0 Å². The minimum atomic E-state index is -1.02. The van der Waals surface area contributed by atoms with E-state index in [2.05, 4.69) is 10.1 Å². The van der Waals surface area contributed by atoms with Crippen LogP contribution in [0.2, 0.25) is 0 Å². The number of methoxy groups -OCH3 is 1. The monoisotopic (exact) mass is 326 g/mol. The number of imide groups is 1. The molecule has 1 aromatic carbocycles. The number of halogens is 1. The summed E-state index contributed by atoms with van der Waals surface area (Å²) in [6.07, 6.45) is 0. The summed E-state index contributed by atoms with van der Waals surface area (Å²) in [5, 5.41) is 4.50. The van der Waals surface area contributed by atoms with Crippen molar-refractivity contribution >= 4 is 17.9 Å². The van der Waals surface area contributed by atoms with E-state index in [1.54, 1.807) is 20.8 Å². The van der Waals surface area contributed by atoms with Crippen LogP contribution in [0.15, 0.2) is 18.2 Å². The Hall–Kier alpha value is -2.64. The molecule has 0 aliphatic heterocycles. The molecule has 0 saturated heterocycles. The first-order chi connectivity index (χ1) is 10.6. The fraction of sp³-hybridized carbons (Fsp3) is 0.400. The Morgan fingerprint density at radius 2 is 1.87 bits per heavy atom. The van der Waals surface area contributed by atoms with Crippen molar-refractivity contribution in [2.75, 3.05) is 13.7 Å². The lowest BCUT2D eigenvalue weighted by Gasteiger charge is -2.20. The standard InChI is InChI=1S/C15H19FN2O5/c1-15(2,3)18-14(21)17-12(19)8-23-13(20)10-6-5-9(22-4)7-11(10)16/h5-7H,8H2,1-4H3,(H2,17,18,19,21). The van der Waals surface area contributed by atoms with E-state index in [1.165, 1.54) is 19.2 Å². The molecule has 7 nitrogen and oxygen atoms in total. The Morgan fingerprint density at radius 3 is 2.39 bits per heavy atom. The number of carbonyl (C=O) groups excluding carboxylic acids is 3. The van der Waals surface area contributed by atoms with Crippen molar-refractivity contribution in [3.05, 3.63) is 29.6 Å². The van der Waals surface area contributed by atoms with Crippen LogP contribution in [-0.2, 0) is 9.53 Å². The van der Waals surface area contributed by atoms with Crippen LogP contribution in [-0.4, -0.2) is 37.2 Å². The SMILES string of the molecule is COc1ccc(C(=O)OCC(=O)NC(=O)NC(C)(C)C)c(F)c1. The molecule has 2 N–H and O–H groups in total. The van der Waals surface area contributed by atoms with Crippen LogP contribution in [0.25, 0.3) is 0 Å². The summed E-state index contributed by atoms with van der Waals surface area (Å²) in [7, 11) is 1.36. The minimum absolute atomic E-state index is 0.246. The molecule has 0 aliphatic rings. The molecule has 0 unspecified atom stereocenters. The zero-order valence-electron chi connectivity index (χ0n) is 13.4. The van der Waals surface area contributed by atoms with E-state index in [0.717, 1.165) is 6.07 Å². The number of ether oxygens (including phenoxy) is 2. The minimum Gasteiger partial charge on any atom is -0.497 e. The van der Waals surface area contributed by atoms with E-state index >= 15 is 0 Å². The van der Waals surface area contributed by atoms with Gasteiger partial charge in [0.05, 0.1) is 12.7 Å². The highest BCUT2D eigenvalue weighted by Crippen LogP contribution is 2.16. The normalized spacial score (nSPS) is 10.7. The Labute approximate surface area is 133 Å². The maximum absolute atomic E-state index is 13.7. The van der Waals surface area contributed by atoms with E-state index in [0.29, 0.717) is 0 Å². The maximum Gasteiger partial charge on any atom is 0.341 e. The van der Waals surface area contributed by atoms with E-state index in [4.69, 9.17) is 4.74 Å². The van der Waals surface area contributed by atoms with Crippen molar-refractivity contribution in [1.29, 1.82) is 0 Å². The van der Waals surface area contributed by atoms with Crippen molar-refractivity contribution in [2.45, 2.75) is 26.3 Å². The van der Waals surface area contributed by atoms with E-state index < -0.39 is 35.9 Å². The predicted molar refractivity (Wildman–Crippen MR) is 79.7 cm³/mol. The van der Waals surface area contributed by atoms with Gasteiger partial charge in [0.2, 0.25) is 0 Å². The predicted octanol–water partition coefficient (Wildman–Crippen LogP) is 1.62. The summed E-state index contributed by atoms with van der Waals surface area (Å²) < 4.78 is 23.1.